The number of halogens is 1. The largest absolute Gasteiger partial charge is 0.370 e. The number of aryl methyl sites for hydroxylation is 1. The number of benzene rings is 2. The summed E-state index contributed by atoms with van der Waals surface area (Å²) in [7, 11) is 0. The average molecular weight is 463 g/mol. The molecule has 1 aromatic heterocycles. The van der Waals surface area contributed by atoms with E-state index in [1.54, 1.807) is 0 Å². The minimum Gasteiger partial charge on any atom is -0.370 e. The summed E-state index contributed by atoms with van der Waals surface area (Å²) >= 11 is 5.99. The first-order valence-electron chi connectivity index (χ1n) is 11.5. The molecule has 1 aliphatic rings. The molecule has 0 spiro atoms. The quantitative estimate of drug-likeness (QED) is 0.328. The van der Waals surface area contributed by atoms with Crippen LogP contribution in [-0.2, 0) is 0 Å². The van der Waals surface area contributed by atoms with E-state index in [1.165, 1.54) is 18.4 Å². The highest BCUT2D eigenvalue weighted by atomic mass is 35.5. The van der Waals surface area contributed by atoms with E-state index in [1.807, 2.05) is 36.4 Å². The van der Waals surface area contributed by atoms with Crippen molar-refractivity contribution in [3.63, 3.8) is 0 Å². The molecular weight excluding hydrogens is 432 g/mol. The lowest BCUT2D eigenvalue weighted by Crippen LogP contribution is -2.26. The average Bonchev–Trinajstić information content (AvgIpc) is 2.81. The number of aromatic nitrogens is 2. The van der Waals surface area contributed by atoms with Gasteiger partial charge in [0.25, 0.3) is 0 Å². The number of anilines is 1. The molecule has 0 aliphatic heterocycles. The van der Waals surface area contributed by atoms with Crippen LogP contribution in [0.15, 0.2) is 47.5 Å². The highest BCUT2D eigenvalue weighted by Gasteiger charge is 2.21. The van der Waals surface area contributed by atoms with E-state index in [0.717, 1.165) is 53.2 Å². The summed E-state index contributed by atoms with van der Waals surface area (Å²) in [6.07, 6.45) is 8.60. The molecule has 3 aromatic rings. The van der Waals surface area contributed by atoms with E-state index in [4.69, 9.17) is 33.0 Å². The third-order valence-electron chi connectivity index (χ3n) is 6.22. The number of nitrogens with one attached hydrogen (secondary N) is 1. The van der Waals surface area contributed by atoms with Gasteiger partial charge in [0.1, 0.15) is 5.82 Å². The van der Waals surface area contributed by atoms with E-state index in [0.29, 0.717) is 17.7 Å². The third-order valence-corrected chi connectivity index (χ3v) is 6.47. The molecule has 1 fully saturated rings. The van der Waals surface area contributed by atoms with Gasteiger partial charge in [-0.05, 0) is 80.3 Å². The van der Waals surface area contributed by atoms with Crippen molar-refractivity contribution in [2.24, 2.45) is 28.3 Å². The van der Waals surface area contributed by atoms with Crippen LogP contribution in [0.25, 0.3) is 23.1 Å². The summed E-state index contributed by atoms with van der Waals surface area (Å²) in [6.45, 7) is 3.73. The van der Waals surface area contributed by atoms with Gasteiger partial charge in [-0.15, -0.1) is 0 Å². The second kappa shape index (κ2) is 10.7. The number of hydrogen-bond acceptors (Lipinski definition) is 4. The van der Waals surface area contributed by atoms with E-state index in [2.05, 4.69) is 35.4 Å². The van der Waals surface area contributed by atoms with Crippen molar-refractivity contribution in [1.82, 2.24) is 9.97 Å². The molecule has 0 radical (unpaired) electrons. The molecule has 1 saturated carbocycles. The lowest BCUT2D eigenvalue weighted by atomic mass is 9.82. The molecule has 0 atom stereocenters. The normalized spacial score (nSPS) is 18.5. The number of rotatable bonds is 7. The minimum atomic E-state index is 0.186. The zero-order valence-electron chi connectivity index (χ0n) is 19.0. The number of aliphatic imine (C=N–C) groups is 1. The Bertz CT molecular complexity index is 1140. The Morgan fingerprint density at radius 2 is 1.76 bits per heavy atom. The van der Waals surface area contributed by atoms with Gasteiger partial charge in [0.2, 0.25) is 0 Å². The smallest absolute Gasteiger partial charge is 0.185 e. The van der Waals surface area contributed by atoms with Crippen molar-refractivity contribution in [1.29, 1.82) is 0 Å². The van der Waals surface area contributed by atoms with Gasteiger partial charge in [-0.25, -0.2) is 9.97 Å². The maximum absolute atomic E-state index is 5.99. The number of hydrogen-bond donors (Lipinski definition) is 3. The summed E-state index contributed by atoms with van der Waals surface area (Å²) in [6, 6.07) is 14.0. The van der Waals surface area contributed by atoms with Crippen LogP contribution in [0.1, 0.15) is 42.6 Å². The molecule has 33 heavy (non-hydrogen) atoms. The molecule has 1 aliphatic carbocycles. The molecule has 0 unspecified atom stereocenters. The molecule has 7 heteroatoms. The second-order valence-corrected chi connectivity index (χ2v) is 9.31. The first kappa shape index (κ1) is 23.1. The zero-order chi connectivity index (χ0) is 23.2. The van der Waals surface area contributed by atoms with Gasteiger partial charge in [0, 0.05) is 23.5 Å². The summed E-state index contributed by atoms with van der Waals surface area (Å²) in [5.41, 5.74) is 14.1. The van der Waals surface area contributed by atoms with E-state index >= 15 is 0 Å². The Morgan fingerprint density at radius 1 is 1.03 bits per heavy atom. The monoisotopic (exact) mass is 462 g/mol. The number of nitrogens with two attached hydrogens (primary N) is 2. The number of nitrogens with zero attached hydrogens (tertiary/aromatic N) is 3. The van der Waals surface area contributed by atoms with Gasteiger partial charge in [-0.1, -0.05) is 41.4 Å². The predicted octanol–water partition coefficient (Wildman–Crippen LogP) is 5.25. The molecule has 0 saturated heterocycles. The van der Waals surface area contributed by atoms with Gasteiger partial charge >= 0.3 is 0 Å². The Labute approximate surface area is 200 Å². The van der Waals surface area contributed by atoms with Crippen LogP contribution in [0.5, 0.6) is 0 Å². The summed E-state index contributed by atoms with van der Waals surface area (Å²) < 4.78 is 0. The molecule has 6 nitrogen and oxygen atoms in total. The van der Waals surface area contributed by atoms with Crippen LogP contribution < -0.4 is 16.8 Å². The fourth-order valence-electron chi connectivity index (χ4n) is 4.31. The lowest BCUT2D eigenvalue weighted by Gasteiger charge is -2.28. The topological polar surface area (TPSA) is 102 Å². The highest BCUT2D eigenvalue weighted by molar-refractivity contribution is 6.30. The van der Waals surface area contributed by atoms with Crippen molar-refractivity contribution in [2.45, 2.75) is 32.6 Å². The standard InChI is InChI=1S/C26H31ClN6/c1-17-2-12-23-22(14-17)25(30-15-19-3-5-20(6-4-19)16-31-26(28)29)33-24(32-23)13-9-18-7-10-21(27)11-8-18/h2,7-14,19-20H,3-6,15-16H2,1H3,(H4,28,29,31)(H,30,32,33). The molecule has 5 N–H and O–H groups in total. The fourth-order valence-corrected chi connectivity index (χ4v) is 4.43. The maximum atomic E-state index is 5.99. The van der Waals surface area contributed by atoms with E-state index in [-0.39, 0.29) is 5.96 Å². The Balaban J connectivity index is 1.47. The molecule has 4 rings (SSSR count). The van der Waals surface area contributed by atoms with E-state index < -0.39 is 0 Å². The van der Waals surface area contributed by atoms with Crippen LogP contribution in [0.4, 0.5) is 5.82 Å². The van der Waals surface area contributed by atoms with Crippen molar-refractivity contribution < 1.29 is 0 Å². The van der Waals surface area contributed by atoms with Crippen LogP contribution in [0.3, 0.4) is 0 Å². The van der Waals surface area contributed by atoms with Crippen LogP contribution >= 0.6 is 11.6 Å². The van der Waals surface area contributed by atoms with Gasteiger partial charge in [0.05, 0.1) is 5.52 Å². The summed E-state index contributed by atoms with van der Waals surface area (Å²) in [5.74, 6) is 2.95. The molecule has 0 amide bonds. The first-order chi connectivity index (χ1) is 16.0. The third kappa shape index (κ3) is 6.45. The van der Waals surface area contributed by atoms with Gasteiger partial charge < -0.3 is 16.8 Å². The molecule has 1 heterocycles. The molecule has 0 bridgehead atoms. The van der Waals surface area contributed by atoms with Gasteiger partial charge in [-0.3, -0.25) is 4.99 Å². The minimum absolute atomic E-state index is 0.186. The van der Waals surface area contributed by atoms with Crippen LogP contribution in [-0.4, -0.2) is 29.0 Å². The van der Waals surface area contributed by atoms with Gasteiger partial charge in [0.15, 0.2) is 11.8 Å². The van der Waals surface area contributed by atoms with Crippen molar-refractivity contribution in [2.75, 3.05) is 18.4 Å². The fraction of sp³-hybridized carbons (Fsp3) is 0.346. The SMILES string of the molecule is Cc1ccc2nc(C=Cc3ccc(Cl)cc3)nc(NCC3CCC(CN=C(N)N)CC3)c2c1. The number of guanidine groups is 1. The zero-order valence-corrected chi connectivity index (χ0v) is 19.7. The highest BCUT2D eigenvalue weighted by Crippen LogP contribution is 2.30. The van der Waals surface area contributed by atoms with E-state index in [9.17, 15) is 0 Å². The Hall–Kier alpha value is -3.12. The van der Waals surface area contributed by atoms with Crippen LogP contribution in [0.2, 0.25) is 5.02 Å². The Kier molecular flexibility index (Phi) is 7.45. The van der Waals surface area contributed by atoms with Crippen molar-refractivity contribution >= 4 is 46.4 Å². The summed E-state index contributed by atoms with van der Waals surface area (Å²) in [5, 5.41) is 5.40. The number of fused-ring (bicyclic) bond motifs is 1. The van der Waals surface area contributed by atoms with Gasteiger partial charge in [-0.2, -0.15) is 0 Å². The second-order valence-electron chi connectivity index (χ2n) is 8.87. The van der Waals surface area contributed by atoms with Crippen molar-refractivity contribution in [3.8, 4) is 0 Å². The molecular formula is C26H31ClN6. The van der Waals surface area contributed by atoms with Crippen LogP contribution in [0, 0.1) is 18.8 Å². The molecule has 2 aromatic carbocycles. The maximum Gasteiger partial charge on any atom is 0.185 e. The molecule has 172 valence electrons. The Morgan fingerprint density at radius 3 is 2.48 bits per heavy atom. The predicted molar refractivity (Wildman–Crippen MR) is 139 cm³/mol. The first-order valence-corrected chi connectivity index (χ1v) is 11.9. The summed E-state index contributed by atoms with van der Waals surface area (Å²) in [4.78, 5) is 13.8. The van der Waals surface area contributed by atoms with Crippen molar-refractivity contribution in [3.05, 3.63) is 64.4 Å². The lowest BCUT2D eigenvalue weighted by molar-refractivity contribution is 0.289.